The standard InChI is InChI=1S/C13H16FN3O2/c1-17-13(15)10(7-16-17)9-5-12(19-3)11(18-2)4-8(9)6-14/h4-5,7H,6,15H2,1-3H3. The number of rotatable bonds is 4. The zero-order valence-electron chi connectivity index (χ0n) is 11.1. The molecule has 0 atom stereocenters. The van der Waals surface area contributed by atoms with Gasteiger partial charge in [0, 0.05) is 12.6 Å². The van der Waals surface area contributed by atoms with Gasteiger partial charge >= 0.3 is 0 Å². The highest BCUT2D eigenvalue weighted by atomic mass is 19.1. The Bertz CT molecular complexity index is 596. The summed E-state index contributed by atoms with van der Waals surface area (Å²) >= 11 is 0. The van der Waals surface area contributed by atoms with Crippen LogP contribution >= 0.6 is 0 Å². The molecule has 0 fully saturated rings. The molecular weight excluding hydrogens is 249 g/mol. The number of nitrogens with zero attached hydrogens (tertiary/aromatic N) is 2. The van der Waals surface area contributed by atoms with E-state index < -0.39 is 6.67 Å². The number of nitrogens with two attached hydrogens (primary N) is 1. The first-order valence-electron chi connectivity index (χ1n) is 5.71. The number of methoxy groups -OCH3 is 2. The van der Waals surface area contributed by atoms with Gasteiger partial charge in [-0.15, -0.1) is 0 Å². The second kappa shape index (κ2) is 5.17. The van der Waals surface area contributed by atoms with Gasteiger partial charge in [0.15, 0.2) is 11.5 Å². The fourth-order valence-electron chi connectivity index (χ4n) is 1.94. The Kier molecular flexibility index (Phi) is 3.59. The van der Waals surface area contributed by atoms with Crippen LogP contribution in [0.1, 0.15) is 5.56 Å². The van der Waals surface area contributed by atoms with Crippen LogP contribution in [0.25, 0.3) is 11.1 Å². The third-order valence-electron chi connectivity index (χ3n) is 3.03. The van der Waals surface area contributed by atoms with E-state index in [1.807, 2.05) is 0 Å². The van der Waals surface area contributed by atoms with Crippen molar-refractivity contribution in [1.29, 1.82) is 0 Å². The Morgan fingerprint density at radius 2 is 1.84 bits per heavy atom. The third kappa shape index (κ3) is 2.21. The summed E-state index contributed by atoms with van der Waals surface area (Å²) in [6, 6.07) is 3.32. The summed E-state index contributed by atoms with van der Waals surface area (Å²) in [5.41, 5.74) is 7.74. The number of hydrogen-bond acceptors (Lipinski definition) is 4. The maximum absolute atomic E-state index is 13.2. The van der Waals surface area contributed by atoms with E-state index in [0.29, 0.717) is 34.0 Å². The van der Waals surface area contributed by atoms with Crippen molar-refractivity contribution in [2.45, 2.75) is 6.67 Å². The summed E-state index contributed by atoms with van der Waals surface area (Å²) in [6.45, 7) is -0.621. The molecule has 0 bridgehead atoms. The zero-order chi connectivity index (χ0) is 14.0. The fraction of sp³-hybridized carbons (Fsp3) is 0.308. The highest BCUT2D eigenvalue weighted by Gasteiger charge is 2.16. The number of halogens is 1. The quantitative estimate of drug-likeness (QED) is 0.920. The number of aromatic nitrogens is 2. The first-order chi connectivity index (χ1) is 9.12. The van der Waals surface area contributed by atoms with Crippen molar-refractivity contribution in [3.63, 3.8) is 0 Å². The molecule has 0 unspecified atom stereocenters. The van der Waals surface area contributed by atoms with Crippen molar-refractivity contribution >= 4 is 5.82 Å². The molecule has 0 saturated carbocycles. The molecule has 2 rings (SSSR count). The number of aryl methyl sites for hydroxylation is 1. The molecule has 5 nitrogen and oxygen atoms in total. The Balaban J connectivity index is 2.65. The fourth-order valence-corrected chi connectivity index (χ4v) is 1.94. The van der Waals surface area contributed by atoms with E-state index in [-0.39, 0.29) is 0 Å². The van der Waals surface area contributed by atoms with Gasteiger partial charge in [0.05, 0.1) is 20.4 Å². The predicted octanol–water partition coefficient (Wildman–Crippen LogP) is 2.16. The average Bonchev–Trinajstić information content (AvgIpc) is 2.77. The van der Waals surface area contributed by atoms with Crippen LogP contribution in [0, 0.1) is 0 Å². The Hall–Kier alpha value is -2.24. The lowest BCUT2D eigenvalue weighted by Gasteiger charge is -2.13. The summed E-state index contributed by atoms with van der Waals surface area (Å²) in [7, 11) is 4.77. The number of ether oxygens (including phenoxy) is 2. The summed E-state index contributed by atoms with van der Waals surface area (Å²) < 4.78 is 25.1. The molecule has 0 aliphatic rings. The molecule has 0 saturated heterocycles. The van der Waals surface area contributed by atoms with Crippen LogP contribution in [0.5, 0.6) is 11.5 Å². The Morgan fingerprint density at radius 3 is 2.32 bits per heavy atom. The van der Waals surface area contributed by atoms with Crippen molar-refractivity contribution in [1.82, 2.24) is 9.78 Å². The van der Waals surface area contributed by atoms with Gasteiger partial charge in [-0.25, -0.2) is 4.39 Å². The SMILES string of the molecule is COc1cc(CF)c(-c2cnn(C)c2N)cc1OC. The van der Waals surface area contributed by atoms with Crippen LogP contribution in [-0.2, 0) is 13.7 Å². The number of hydrogen-bond donors (Lipinski definition) is 1. The molecule has 102 valence electrons. The summed E-state index contributed by atoms with van der Waals surface area (Å²) in [4.78, 5) is 0. The Labute approximate surface area is 110 Å². The first kappa shape index (κ1) is 13.2. The molecule has 1 aromatic heterocycles. The minimum absolute atomic E-state index is 0.474. The minimum Gasteiger partial charge on any atom is -0.493 e. The van der Waals surface area contributed by atoms with Gasteiger partial charge in [0.1, 0.15) is 12.5 Å². The van der Waals surface area contributed by atoms with Crippen LogP contribution < -0.4 is 15.2 Å². The van der Waals surface area contributed by atoms with Crippen molar-refractivity contribution < 1.29 is 13.9 Å². The van der Waals surface area contributed by atoms with Gasteiger partial charge in [-0.05, 0) is 23.3 Å². The van der Waals surface area contributed by atoms with Crippen molar-refractivity contribution in [2.24, 2.45) is 7.05 Å². The molecule has 0 radical (unpaired) electrons. The van der Waals surface area contributed by atoms with E-state index >= 15 is 0 Å². The normalized spacial score (nSPS) is 10.5. The van der Waals surface area contributed by atoms with Gasteiger partial charge in [0.2, 0.25) is 0 Å². The summed E-state index contributed by atoms with van der Waals surface area (Å²) in [6.07, 6.45) is 1.61. The molecule has 0 amide bonds. The second-order valence-electron chi connectivity index (χ2n) is 4.07. The Morgan fingerprint density at radius 1 is 1.21 bits per heavy atom. The number of anilines is 1. The smallest absolute Gasteiger partial charge is 0.161 e. The molecular formula is C13H16FN3O2. The summed E-state index contributed by atoms with van der Waals surface area (Å²) in [5.74, 6) is 1.49. The second-order valence-corrected chi connectivity index (χ2v) is 4.07. The highest BCUT2D eigenvalue weighted by molar-refractivity contribution is 5.78. The largest absolute Gasteiger partial charge is 0.493 e. The minimum atomic E-state index is -0.621. The topological polar surface area (TPSA) is 62.3 Å². The van der Waals surface area contributed by atoms with Crippen molar-refractivity contribution in [3.8, 4) is 22.6 Å². The van der Waals surface area contributed by atoms with Gasteiger partial charge in [0.25, 0.3) is 0 Å². The van der Waals surface area contributed by atoms with Gasteiger partial charge in [-0.1, -0.05) is 0 Å². The number of nitrogen functional groups attached to an aromatic ring is 1. The van der Waals surface area contributed by atoms with E-state index in [4.69, 9.17) is 15.2 Å². The monoisotopic (exact) mass is 265 g/mol. The molecule has 0 aliphatic carbocycles. The predicted molar refractivity (Wildman–Crippen MR) is 71.0 cm³/mol. The lowest BCUT2D eigenvalue weighted by atomic mass is 10.0. The van der Waals surface area contributed by atoms with E-state index in [0.717, 1.165) is 0 Å². The van der Waals surface area contributed by atoms with E-state index in [1.165, 1.54) is 18.9 Å². The van der Waals surface area contributed by atoms with Crippen LogP contribution in [0.2, 0.25) is 0 Å². The van der Waals surface area contributed by atoms with Crippen molar-refractivity contribution in [3.05, 3.63) is 23.9 Å². The molecule has 19 heavy (non-hydrogen) atoms. The average molecular weight is 265 g/mol. The molecule has 2 aromatic rings. The van der Waals surface area contributed by atoms with E-state index in [1.54, 1.807) is 25.4 Å². The van der Waals surface area contributed by atoms with Crippen LogP contribution in [-0.4, -0.2) is 24.0 Å². The van der Waals surface area contributed by atoms with Crippen LogP contribution in [0.4, 0.5) is 10.2 Å². The molecule has 2 N–H and O–H groups in total. The summed E-state index contributed by atoms with van der Waals surface area (Å²) in [5, 5.41) is 4.06. The first-order valence-corrected chi connectivity index (χ1v) is 5.71. The lowest BCUT2D eigenvalue weighted by molar-refractivity contribution is 0.353. The zero-order valence-corrected chi connectivity index (χ0v) is 11.1. The number of alkyl halides is 1. The maximum Gasteiger partial charge on any atom is 0.161 e. The lowest BCUT2D eigenvalue weighted by Crippen LogP contribution is -1.99. The van der Waals surface area contributed by atoms with Gasteiger partial charge in [-0.2, -0.15) is 5.10 Å². The van der Waals surface area contributed by atoms with E-state index in [9.17, 15) is 4.39 Å². The number of benzene rings is 1. The molecule has 1 heterocycles. The van der Waals surface area contributed by atoms with Gasteiger partial charge < -0.3 is 15.2 Å². The van der Waals surface area contributed by atoms with Gasteiger partial charge in [-0.3, -0.25) is 4.68 Å². The highest BCUT2D eigenvalue weighted by Crippen LogP contribution is 2.37. The molecule has 0 aliphatic heterocycles. The van der Waals surface area contributed by atoms with Crippen molar-refractivity contribution in [2.75, 3.05) is 20.0 Å². The molecule has 1 aromatic carbocycles. The third-order valence-corrected chi connectivity index (χ3v) is 3.03. The van der Waals surface area contributed by atoms with Crippen LogP contribution in [0.15, 0.2) is 18.3 Å². The van der Waals surface area contributed by atoms with Crippen LogP contribution in [0.3, 0.4) is 0 Å². The maximum atomic E-state index is 13.2. The molecule has 6 heteroatoms. The molecule has 0 spiro atoms. The van der Waals surface area contributed by atoms with E-state index in [2.05, 4.69) is 5.10 Å².